The van der Waals surface area contributed by atoms with Crippen molar-refractivity contribution in [1.29, 1.82) is 0 Å². The average Bonchev–Trinajstić information content (AvgIpc) is 2.89. The monoisotopic (exact) mass is 278 g/mol. The fourth-order valence-corrected chi connectivity index (χ4v) is 2.32. The van der Waals surface area contributed by atoms with E-state index >= 15 is 0 Å². The van der Waals surface area contributed by atoms with Crippen LogP contribution in [0, 0.1) is 0 Å². The molecule has 0 spiro atoms. The third-order valence-corrected chi connectivity index (χ3v) is 3.39. The fraction of sp³-hybridized carbons (Fsp3) is 0.385. The van der Waals surface area contributed by atoms with Crippen LogP contribution in [0.5, 0.6) is 0 Å². The SMILES string of the molecule is CC(C)c1nc(N)cc(NCC(O)c2ccsc2)n1. The van der Waals surface area contributed by atoms with Crippen LogP contribution in [-0.4, -0.2) is 21.6 Å². The molecule has 0 amide bonds. The molecule has 2 aromatic rings. The zero-order valence-corrected chi connectivity index (χ0v) is 11.8. The highest BCUT2D eigenvalue weighted by molar-refractivity contribution is 7.07. The fourth-order valence-electron chi connectivity index (χ4n) is 1.62. The van der Waals surface area contributed by atoms with E-state index in [9.17, 15) is 5.11 Å². The first-order valence-electron chi connectivity index (χ1n) is 6.14. The molecule has 0 saturated carbocycles. The van der Waals surface area contributed by atoms with Crippen molar-refractivity contribution in [2.45, 2.75) is 25.9 Å². The molecule has 0 aliphatic heterocycles. The lowest BCUT2D eigenvalue weighted by atomic mass is 10.2. The minimum absolute atomic E-state index is 0.214. The standard InChI is InChI=1S/C13H18N4OS/c1-8(2)13-16-11(14)5-12(17-13)15-6-10(18)9-3-4-19-7-9/h3-5,7-8,10,18H,6H2,1-2H3,(H3,14,15,16,17). The number of rotatable bonds is 5. The first-order chi connectivity index (χ1) is 9.06. The second kappa shape index (κ2) is 5.99. The van der Waals surface area contributed by atoms with Gasteiger partial charge in [0.15, 0.2) is 0 Å². The molecule has 0 radical (unpaired) electrons. The van der Waals surface area contributed by atoms with Gasteiger partial charge in [0.25, 0.3) is 0 Å². The number of nitrogen functional groups attached to an aromatic ring is 1. The molecule has 0 aromatic carbocycles. The van der Waals surface area contributed by atoms with Crippen LogP contribution in [0.1, 0.15) is 37.3 Å². The van der Waals surface area contributed by atoms with Crippen LogP contribution in [0.4, 0.5) is 11.6 Å². The number of aliphatic hydroxyl groups is 1. The van der Waals surface area contributed by atoms with Crippen LogP contribution in [-0.2, 0) is 0 Å². The van der Waals surface area contributed by atoms with Gasteiger partial charge in [-0.15, -0.1) is 0 Å². The van der Waals surface area contributed by atoms with Crippen molar-refractivity contribution in [3.05, 3.63) is 34.3 Å². The van der Waals surface area contributed by atoms with Crippen LogP contribution < -0.4 is 11.1 Å². The Morgan fingerprint density at radius 3 is 2.84 bits per heavy atom. The molecule has 2 heterocycles. The normalized spacial score (nSPS) is 12.6. The topological polar surface area (TPSA) is 84.1 Å². The summed E-state index contributed by atoms with van der Waals surface area (Å²) in [6.45, 7) is 4.42. The summed E-state index contributed by atoms with van der Waals surface area (Å²) in [7, 11) is 0. The van der Waals surface area contributed by atoms with Gasteiger partial charge in [-0.25, -0.2) is 9.97 Å². The van der Waals surface area contributed by atoms with Crippen LogP contribution in [0.3, 0.4) is 0 Å². The first kappa shape index (κ1) is 13.8. The minimum atomic E-state index is -0.551. The van der Waals surface area contributed by atoms with E-state index in [0.29, 0.717) is 24.0 Å². The molecular formula is C13H18N4OS. The van der Waals surface area contributed by atoms with Crippen LogP contribution in [0.15, 0.2) is 22.9 Å². The summed E-state index contributed by atoms with van der Waals surface area (Å²) in [4.78, 5) is 8.55. The molecule has 0 aliphatic carbocycles. The van der Waals surface area contributed by atoms with Gasteiger partial charge in [-0.1, -0.05) is 13.8 Å². The molecule has 0 fully saturated rings. The Bertz CT molecular complexity index is 527. The summed E-state index contributed by atoms with van der Waals surface area (Å²) in [5, 5.41) is 17.0. The molecule has 0 aliphatic rings. The van der Waals surface area contributed by atoms with Gasteiger partial charge in [0, 0.05) is 18.5 Å². The van der Waals surface area contributed by atoms with Gasteiger partial charge in [0.1, 0.15) is 17.5 Å². The summed E-state index contributed by atoms with van der Waals surface area (Å²) < 4.78 is 0. The smallest absolute Gasteiger partial charge is 0.135 e. The molecule has 4 N–H and O–H groups in total. The molecule has 102 valence electrons. The zero-order valence-electron chi connectivity index (χ0n) is 11.0. The zero-order chi connectivity index (χ0) is 13.8. The Hall–Kier alpha value is -1.66. The summed E-state index contributed by atoms with van der Waals surface area (Å²) in [6, 6.07) is 3.58. The molecule has 6 heteroatoms. The Labute approximate surface area is 116 Å². The number of aliphatic hydroxyl groups excluding tert-OH is 1. The quantitative estimate of drug-likeness (QED) is 0.782. The Morgan fingerprint density at radius 1 is 1.42 bits per heavy atom. The van der Waals surface area contributed by atoms with Crippen LogP contribution >= 0.6 is 11.3 Å². The highest BCUT2D eigenvalue weighted by atomic mass is 32.1. The van der Waals surface area contributed by atoms with E-state index in [2.05, 4.69) is 15.3 Å². The first-order valence-corrected chi connectivity index (χ1v) is 7.09. The highest BCUT2D eigenvalue weighted by Crippen LogP contribution is 2.18. The van der Waals surface area contributed by atoms with E-state index in [1.54, 1.807) is 17.4 Å². The van der Waals surface area contributed by atoms with E-state index in [1.165, 1.54) is 0 Å². The molecule has 1 atom stereocenters. The van der Waals surface area contributed by atoms with Crippen LogP contribution in [0.25, 0.3) is 0 Å². The van der Waals surface area contributed by atoms with Crippen molar-refractivity contribution in [2.24, 2.45) is 0 Å². The third kappa shape index (κ3) is 3.65. The van der Waals surface area contributed by atoms with Crippen molar-refractivity contribution in [2.75, 3.05) is 17.6 Å². The van der Waals surface area contributed by atoms with Crippen molar-refractivity contribution < 1.29 is 5.11 Å². The molecule has 2 rings (SSSR count). The maximum Gasteiger partial charge on any atom is 0.135 e. The van der Waals surface area contributed by atoms with Gasteiger partial charge in [-0.3, -0.25) is 0 Å². The summed E-state index contributed by atoms with van der Waals surface area (Å²) >= 11 is 1.56. The molecule has 1 unspecified atom stereocenters. The molecule has 2 aromatic heterocycles. The minimum Gasteiger partial charge on any atom is -0.387 e. The number of nitrogens with zero attached hydrogens (tertiary/aromatic N) is 2. The number of nitrogens with one attached hydrogen (secondary N) is 1. The lowest BCUT2D eigenvalue weighted by Crippen LogP contribution is -2.14. The van der Waals surface area contributed by atoms with Gasteiger partial charge < -0.3 is 16.2 Å². The van der Waals surface area contributed by atoms with Gasteiger partial charge in [0.05, 0.1) is 6.10 Å². The number of hydrogen-bond donors (Lipinski definition) is 3. The lowest BCUT2D eigenvalue weighted by Gasteiger charge is -2.13. The molecule has 0 saturated heterocycles. The second-order valence-electron chi connectivity index (χ2n) is 4.64. The number of anilines is 2. The average molecular weight is 278 g/mol. The van der Waals surface area contributed by atoms with E-state index in [0.717, 1.165) is 5.56 Å². The van der Waals surface area contributed by atoms with E-state index in [1.807, 2.05) is 30.7 Å². The van der Waals surface area contributed by atoms with Crippen LogP contribution in [0.2, 0.25) is 0 Å². The highest BCUT2D eigenvalue weighted by Gasteiger charge is 2.10. The van der Waals surface area contributed by atoms with E-state index in [4.69, 9.17) is 5.73 Å². The largest absolute Gasteiger partial charge is 0.387 e. The predicted octanol–water partition coefficient (Wildman–Crippen LogP) is 2.39. The number of aromatic nitrogens is 2. The van der Waals surface area contributed by atoms with Gasteiger partial charge in [-0.2, -0.15) is 11.3 Å². The summed E-state index contributed by atoms with van der Waals surface area (Å²) in [5.74, 6) is 2.00. The Balaban J connectivity index is 2.03. The molecular weight excluding hydrogens is 260 g/mol. The second-order valence-corrected chi connectivity index (χ2v) is 5.42. The summed E-state index contributed by atoms with van der Waals surface area (Å²) in [6.07, 6.45) is -0.551. The lowest BCUT2D eigenvalue weighted by molar-refractivity contribution is 0.192. The van der Waals surface area contributed by atoms with Crippen molar-refractivity contribution in [3.8, 4) is 0 Å². The third-order valence-electron chi connectivity index (χ3n) is 2.68. The maximum atomic E-state index is 9.99. The summed E-state index contributed by atoms with van der Waals surface area (Å²) in [5.41, 5.74) is 6.65. The molecule has 19 heavy (non-hydrogen) atoms. The van der Waals surface area contributed by atoms with Crippen molar-refractivity contribution in [3.63, 3.8) is 0 Å². The van der Waals surface area contributed by atoms with E-state index < -0.39 is 6.10 Å². The van der Waals surface area contributed by atoms with Gasteiger partial charge in [-0.05, 0) is 22.4 Å². The predicted molar refractivity (Wildman–Crippen MR) is 78.3 cm³/mol. The molecule has 0 bridgehead atoms. The van der Waals surface area contributed by atoms with Crippen molar-refractivity contribution in [1.82, 2.24) is 9.97 Å². The van der Waals surface area contributed by atoms with E-state index in [-0.39, 0.29) is 5.92 Å². The maximum absolute atomic E-state index is 9.99. The Kier molecular flexibility index (Phi) is 4.34. The van der Waals surface area contributed by atoms with Gasteiger partial charge >= 0.3 is 0 Å². The Morgan fingerprint density at radius 2 is 2.21 bits per heavy atom. The molecule has 5 nitrogen and oxygen atoms in total. The van der Waals surface area contributed by atoms with Crippen molar-refractivity contribution >= 4 is 23.0 Å². The number of hydrogen-bond acceptors (Lipinski definition) is 6. The number of nitrogens with two attached hydrogens (primary N) is 1. The van der Waals surface area contributed by atoms with Gasteiger partial charge in [0.2, 0.25) is 0 Å². The number of thiophene rings is 1.